The molecule has 1 aliphatic heterocycles. The van der Waals surface area contributed by atoms with E-state index < -0.39 is 21.7 Å². The summed E-state index contributed by atoms with van der Waals surface area (Å²) in [5.41, 5.74) is 0. The minimum atomic E-state index is -3.83. The van der Waals surface area contributed by atoms with Gasteiger partial charge in [-0.25, -0.2) is 21.9 Å². The minimum absolute atomic E-state index is 0.00817. The highest BCUT2D eigenvalue weighted by molar-refractivity contribution is 7.89. The first-order valence-corrected chi connectivity index (χ1v) is 7.59. The number of hydrogen-bond donors (Lipinski definition) is 2. The van der Waals surface area contributed by atoms with Crippen molar-refractivity contribution in [3.05, 3.63) is 29.8 Å². The Kier molecular flexibility index (Phi) is 4.17. The average molecular weight is 290 g/mol. The van der Waals surface area contributed by atoms with Gasteiger partial charge in [-0.3, -0.25) is 0 Å². The van der Waals surface area contributed by atoms with E-state index in [0.29, 0.717) is 6.07 Å². The van der Waals surface area contributed by atoms with Crippen LogP contribution in [0.4, 0.5) is 8.78 Å². The number of piperidine rings is 1. The Morgan fingerprint density at radius 2 is 2.05 bits per heavy atom. The largest absolute Gasteiger partial charge is 0.313 e. The summed E-state index contributed by atoms with van der Waals surface area (Å²) < 4.78 is 52.6. The van der Waals surface area contributed by atoms with Crippen LogP contribution >= 0.6 is 0 Å². The predicted octanol–water partition coefficient (Wildman–Crippen LogP) is 1.38. The molecule has 7 heteroatoms. The fourth-order valence-corrected chi connectivity index (χ4v) is 3.48. The van der Waals surface area contributed by atoms with Gasteiger partial charge in [-0.2, -0.15) is 0 Å². The summed E-state index contributed by atoms with van der Waals surface area (Å²) in [5, 5.41) is 3.17. The zero-order valence-electron chi connectivity index (χ0n) is 10.5. The van der Waals surface area contributed by atoms with Crippen LogP contribution in [-0.2, 0) is 10.0 Å². The van der Waals surface area contributed by atoms with Crippen molar-refractivity contribution in [1.29, 1.82) is 0 Å². The molecule has 19 heavy (non-hydrogen) atoms. The summed E-state index contributed by atoms with van der Waals surface area (Å²) in [6.07, 6.45) is 1.59. The normalized spacial score (nSPS) is 24.4. The Labute approximate surface area is 111 Å². The molecule has 0 bridgehead atoms. The van der Waals surface area contributed by atoms with Crippen LogP contribution in [0.2, 0.25) is 0 Å². The second kappa shape index (κ2) is 5.52. The molecule has 106 valence electrons. The standard InChI is InChI=1S/C12H16F2N2O2S/c1-8-12(3-2-6-15-8)16-19(17,18)9-4-5-10(13)11(14)7-9/h4-5,7-8,12,15-16H,2-3,6H2,1H3/t8-,12+/m0/s1. The molecule has 0 amide bonds. The quantitative estimate of drug-likeness (QED) is 0.884. The van der Waals surface area contributed by atoms with Crippen molar-refractivity contribution in [2.24, 2.45) is 0 Å². The molecular formula is C12H16F2N2O2S. The lowest BCUT2D eigenvalue weighted by Crippen LogP contribution is -2.51. The lowest BCUT2D eigenvalue weighted by atomic mass is 10.0. The Morgan fingerprint density at radius 3 is 2.68 bits per heavy atom. The van der Waals surface area contributed by atoms with E-state index in [9.17, 15) is 17.2 Å². The number of hydrogen-bond acceptors (Lipinski definition) is 3. The highest BCUT2D eigenvalue weighted by Crippen LogP contribution is 2.16. The third-order valence-corrected chi connectivity index (χ3v) is 4.76. The van der Waals surface area contributed by atoms with Crippen LogP contribution in [-0.4, -0.2) is 27.0 Å². The minimum Gasteiger partial charge on any atom is -0.313 e. The number of rotatable bonds is 3. The van der Waals surface area contributed by atoms with E-state index in [1.54, 1.807) is 0 Å². The Balaban J connectivity index is 2.19. The second-order valence-electron chi connectivity index (χ2n) is 4.69. The maximum absolute atomic E-state index is 13.1. The van der Waals surface area contributed by atoms with E-state index in [2.05, 4.69) is 10.0 Å². The second-order valence-corrected chi connectivity index (χ2v) is 6.40. The maximum atomic E-state index is 13.1. The summed E-state index contributed by atoms with van der Waals surface area (Å²) >= 11 is 0. The molecule has 0 aromatic heterocycles. The first-order chi connectivity index (χ1) is 8.90. The molecule has 0 spiro atoms. The van der Waals surface area contributed by atoms with Gasteiger partial charge in [0, 0.05) is 12.1 Å². The van der Waals surface area contributed by atoms with E-state index in [4.69, 9.17) is 0 Å². The van der Waals surface area contributed by atoms with Gasteiger partial charge in [-0.05, 0) is 44.5 Å². The Morgan fingerprint density at radius 1 is 1.32 bits per heavy atom. The van der Waals surface area contributed by atoms with E-state index in [1.807, 2.05) is 6.92 Å². The van der Waals surface area contributed by atoms with Crippen molar-refractivity contribution in [2.75, 3.05) is 6.54 Å². The van der Waals surface area contributed by atoms with Crippen LogP contribution in [0.3, 0.4) is 0 Å². The van der Waals surface area contributed by atoms with Crippen LogP contribution in [0, 0.1) is 11.6 Å². The molecular weight excluding hydrogens is 274 g/mol. The van der Waals surface area contributed by atoms with Crippen LogP contribution in [0.15, 0.2) is 23.1 Å². The van der Waals surface area contributed by atoms with Gasteiger partial charge >= 0.3 is 0 Å². The van der Waals surface area contributed by atoms with Crippen molar-refractivity contribution >= 4 is 10.0 Å². The van der Waals surface area contributed by atoms with Gasteiger partial charge in [0.1, 0.15) is 0 Å². The van der Waals surface area contributed by atoms with E-state index in [-0.39, 0.29) is 17.0 Å². The first-order valence-electron chi connectivity index (χ1n) is 6.11. The first kappa shape index (κ1) is 14.4. The van der Waals surface area contributed by atoms with Gasteiger partial charge in [-0.15, -0.1) is 0 Å². The third-order valence-electron chi connectivity index (χ3n) is 3.27. The summed E-state index contributed by atoms with van der Waals surface area (Å²) in [6.45, 7) is 2.74. The molecule has 0 aliphatic carbocycles. The SMILES string of the molecule is C[C@@H]1NCCC[C@H]1NS(=O)(=O)c1ccc(F)c(F)c1. The average Bonchev–Trinajstić information content (AvgIpc) is 2.35. The molecule has 1 saturated heterocycles. The van der Waals surface area contributed by atoms with Crippen molar-refractivity contribution in [2.45, 2.75) is 36.7 Å². The molecule has 0 unspecified atom stereocenters. The molecule has 4 nitrogen and oxygen atoms in total. The molecule has 0 saturated carbocycles. The summed E-state index contributed by atoms with van der Waals surface area (Å²) in [6, 6.07) is 2.33. The molecule has 2 rings (SSSR count). The molecule has 1 heterocycles. The summed E-state index contributed by atoms with van der Waals surface area (Å²) in [7, 11) is -3.83. The number of halogens is 2. The van der Waals surface area contributed by atoms with Gasteiger partial charge < -0.3 is 5.32 Å². The smallest absolute Gasteiger partial charge is 0.240 e. The van der Waals surface area contributed by atoms with Gasteiger partial charge in [0.15, 0.2) is 11.6 Å². The van der Waals surface area contributed by atoms with Gasteiger partial charge in [-0.1, -0.05) is 0 Å². The molecule has 0 radical (unpaired) electrons. The summed E-state index contributed by atoms with van der Waals surface area (Å²) in [4.78, 5) is -0.260. The van der Waals surface area contributed by atoms with E-state index >= 15 is 0 Å². The molecule has 2 atom stereocenters. The van der Waals surface area contributed by atoms with E-state index in [1.165, 1.54) is 0 Å². The molecule has 1 aromatic rings. The van der Waals surface area contributed by atoms with Gasteiger partial charge in [0.25, 0.3) is 0 Å². The zero-order valence-corrected chi connectivity index (χ0v) is 11.3. The van der Waals surface area contributed by atoms with Crippen molar-refractivity contribution in [3.63, 3.8) is 0 Å². The van der Waals surface area contributed by atoms with Crippen LogP contribution < -0.4 is 10.0 Å². The zero-order chi connectivity index (χ0) is 14.0. The summed E-state index contributed by atoms with van der Waals surface area (Å²) in [5.74, 6) is -2.23. The van der Waals surface area contributed by atoms with Crippen molar-refractivity contribution in [3.8, 4) is 0 Å². The van der Waals surface area contributed by atoms with Crippen molar-refractivity contribution < 1.29 is 17.2 Å². The topological polar surface area (TPSA) is 58.2 Å². The highest BCUT2D eigenvalue weighted by atomic mass is 32.2. The molecule has 2 N–H and O–H groups in total. The Hall–Kier alpha value is -1.05. The van der Waals surface area contributed by atoms with Crippen LogP contribution in [0.1, 0.15) is 19.8 Å². The number of nitrogens with one attached hydrogen (secondary N) is 2. The number of sulfonamides is 1. The molecule has 1 aliphatic rings. The molecule has 1 fully saturated rings. The fraction of sp³-hybridized carbons (Fsp3) is 0.500. The van der Waals surface area contributed by atoms with Crippen molar-refractivity contribution in [1.82, 2.24) is 10.0 Å². The molecule has 1 aromatic carbocycles. The monoisotopic (exact) mass is 290 g/mol. The lowest BCUT2D eigenvalue weighted by molar-refractivity contribution is 0.348. The van der Waals surface area contributed by atoms with Gasteiger partial charge in [0.05, 0.1) is 4.90 Å². The third kappa shape index (κ3) is 3.29. The predicted molar refractivity (Wildman–Crippen MR) is 67.2 cm³/mol. The lowest BCUT2D eigenvalue weighted by Gasteiger charge is -2.30. The van der Waals surface area contributed by atoms with E-state index in [0.717, 1.165) is 31.5 Å². The van der Waals surface area contributed by atoms with Crippen LogP contribution in [0.5, 0.6) is 0 Å². The van der Waals surface area contributed by atoms with Crippen LogP contribution in [0.25, 0.3) is 0 Å². The number of benzene rings is 1. The Bertz CT molecular complexity index is 563. The highest BCUT2D eigenvalue weighted by Gasteiger charge is 2.26. The maximum Gasteiger partial charge on any atom is 0.240 e. The fourth-order valence-electron chi connectivity index (χ4n) is 2.12. The van der Waals surface area contributed by atoms with Gasteiger partial charge in [0.2, 0.25) is 10.0 Å².